The maximum absolute atomic E-state index is 13.0. The zero-order valence-corrected chi connectivity index (χ0v) is 15.8. The van der Waals surface area contributed by atoms with Crippen LogP contribution >= 0.6 is 12.4 Å². The van der Waals surface area contributed by atoms with E-state index in [4.69, 9.17) is 0 Å². The number of hydrogen-bond acceptors (Lipinski definition) is 2. The van der Waals surface area contributed by atoms with Crippen LogP contribution in [-0.2, 0) is 16.4 Å². The summed E-state index contributed by atoms with van der Waals surface area (Å²) in [5.41, 5.74) is -0.876. The van der Waals surface area contributed by atoms with Crippen molar-refractivity contribution in [1.82, 2.24) is 10.2 Å². The Bertz CT molecular complexity index is 623. The number of nitrogens with zero attached hydrogens (tertiary/aromatic N) is 1. The number of carbonyl (C=O) groups is 1. The summed E-state index contributed by atoms with van der Waals surface area (Å²) in [7, 11) is 1.94. The molecule has 0 spiro atoms. The highest BCUT2D eigenvalue weighted by atomic mass is 35.5. The molecule has 2 fully saturated rings. The van der Waals surface area contributed by atoms with E-state index in [9.17, 15) is 18.0 Å². The molecule has 1 N–H and O–H groups in total. The summed E-state index contributed by atoms with van der Waals surface area (Å²) >= 11 is 0. The van der Waals surface area contributed by atoms with Gasteiger partial charge in [-0.15, -0.1) is 12.4 Å². The van der Waals surface area contributed by atoms with Gasteiger partial charge in [0.1, 0.15) is 0 Å². The molecule has 3 nitrogen and oxygen atoms in total. The minimum atomic E-state index is -4.37. The van der Waals surface area contributed by atoms with Gasteiger partial charge in [0.15, 0.2) is 0 Å². The second-order valence-corrected chi connectivity index (χ2v) is 7.29. The molecule has 1 aliphatic carbocycles. The molecule has 3 rings (SSSR count). The molecule has 0 bridgehead atoms. The zero-order valence-electron chi connectivity index (χ0n) is 14.9. The first-order chi connectivity index (χ1) is 11.9. The molecule has 0 radical (unpaired) electrons. The number of hydrogen-bond donors (Lipinski definition) is 1. The van der Waals surface area contributed by atoms with Crippen LogP contribution in [0.4, 0.5) is 13.2 Å². The third-order valence-electron chi connectivity index (χ3n) is 5.61. The Hall–Kier alpha value is -1.27. The molecular formula is C19H26ClF3N2O. The highest BCUT2D eigenvalue weighted by Crippen LogP contribution is 2.50. The second kappa shape index (κ2) is 8.17. The summed E-state index contributed by atoms with van der Waals surface area (Å²) in [6, 6.07) is 5.30. The van der Waals surface area contributed by atoms with Crippen molar-refractivity contribution in [3.05, 3.63) is 35.4 Å². The van der Waals surface area contributed by atoms with E-state index in [0.717, 1.165) is 37.9 Å². The average Bonchev–Trinajstić information content (AvgIpc) is 3.41. The molecule has 7 heteroatoms. The van der Waals surface area contributed by atoms with Crippen LogP contribution < -0.4 is 5.32 Å². The third kappa shape index (κ3) is 4.34. The topological polar surface area (TPSA) is 32.3 Å². The van der Waals surface area contributed by atoms with E-state index in [1.807, 2.05) is 11.9 Å². The van der Waals surface area contributed by atoms with Gasteiger partial charge < -0.3 is 10.2 Å². The summed E-state index contributed by atoms with van der Waals surface area (Å²) < 4.78 is 38.9. The van der Waals surface area contributed by atoms with E-state index in [1.54, 1.807) is 6.07 Å². The van der Waals surface area contributed by atoms with Crippen molar-refractivity contribution < 1.29 is 18.0 Å². The number of amides is 1. The van der Waals surface area contributed by atoms with Gasteiger partial charge in [-0.3, -0.25) is 4.79 Å². The lowest BCUT2D eigenvalue weighted by Crippen LogP contribution is -2.44. The molecule has 1 amide bonds. The molecule has 1 aliphatic heterocycles. The molecule has 1 saturated heterocycles. The molecular weight excluding hydrogens is 365 g/mol. The fourth-order valence-electron chi connectivity index (χ4n) is 3.82. The average molecular weight is 391 g/mol. The van der Waals surface area contributed by atoms with Crippen molar-refractivity contribution in [2.45, 2.75) is 43.7 Å². The van der Waals surface area contributed by atoms with Crippen molar-refractivity contribution in [1.29, 1.82) is 0 Å². The van der Waals surface area contributed by atoms with Crippen molar-refractivity contribution in [2.75, 3.05) is 26.7 Å². The molecule has 26 heavy (non-hydrogen) atoms. The van der Waals surface area contributed by atoms with Gasteiger partial charge in [-0.1, -0.05) is 18.2 Å². The van der Waals surface area contributed by atoms with E-state index in [0.29, 0.717) is 37.4 Å². The predicted molar refractivity (Wildman–Crippen MR) is 97.5 cm³/mol. The molecule has 0 unspecified atom stereocenters. The van der Waals surface area contributed by atoms with Crippen LogP contribution in [0.15, 0.2) is 24.3 Å². The van der Waals surface area contributed by atoms with Crippen LogP contribution in [0, 0.1) is 5.92 Å². The lowest BCUT2D eigenvalue weighted by Gasteiger charge is -2.34. The van der Waals surface area contributed by atoms with E-state index in [2.05, 4.69) is 5.32 Å². The maximum atomic E-state index is 13.0. The Morgan fingerprint density at radius 1 is 1.27 bits per heavy atom. The summed E-state index contributed by atoms with van der Waals surface area (Å²) in [4.78, 5) is 14.9. The standard InChI is InChI=1S/C19H25F3N2O.ClH/c1-23-10-5-14-6-11-24(12-7-14)17(25)18(8-9-18)15-3-2-4-16(13-15)19(20,21)22;/h2-4,13-14,23H,5-12H2,1H3;1H. The van der Waals surface area contributed by atoms with Crippen molar-refractivity contribution in [3.8, 4) is 0 Å². The highest BCUT2D eigenvalue weighted by molar-refractivity contribution is 5.91. The molecule has 1 heterocycles. The van der Waals surface area contributed by atoms with Crippen LogP contribution in [0.25, 0.3) is 0 Å². The number of piperidine rings is 1. The van der Waals surface area contributed by atoms with Gasteiger partial charge in [-0.2, -0.15) is 13.2 Å². The quantitative estimate of drug-likeness (QED) is 0.824. The van der Waals surface area contributed by atoms with Crippen molar-refractivity contribution in [3.63, 3.8) is 0 Å². The summed E-state index contributed by atoms with van der Waals surface area (Å²) in [6.07, 6.45) is -0.0179. The molecule has 1 saturated carbocycles. The molecule has 146 valence electrons. The van der Waals surface area contributed by atoms with Crippen molar-refractivity contribution in [2.24, 2.45) is 5.92 Å². The monoisotopic (exact) mass is 390 g/mol. The van der Waals surface area contributed by atoms with Gasteiger partial charge in [-0.25, -0.2) is 0 Å². The number of alkyl halides is 3. The SMILES string of the molecule is CNCCC1CCN(C(=O)C2(c3cccc(C(F)(F)F)c3)CC2)CC1.Cl. The van der Waals surface area contributed by atoms with Crippen LogP contribution in [0.5, 0.6) is 0 Å². The number of halogens is 4. The minimum Gasteiger partial charge on any atom is -0.342 e. The van der Waals surface area contributed by atoms with Gasteiger partial charge in [0.25, 0.3) is 0 Å². The Kier molecular flexibility index (Phi) is 6.61. The fourth-order valence-corrected chi connectivity index (χ4v) is 3.82. The van der Waals surface area contributed by atoms with Crippen LogP contribution in [0.1, 0.15) is 43.2 Å². The second-order valence-electron chi connectivity index (χ2n) is 7.29. The maximum Gasteiger partial charge on any atom is 0.416 e. The molecule has 0 aromatic heterocycles. The lowest BCUT2D eigenvalue weighted by atomic mass is 9.89. The minimum absolute atomic E-state index is 0. The Balaban J connectivity index is 0.00000243. The first-order valence-electron chi connectivity index (χ1n) is 8.98. The van der Waals surface area contributed by atoms with Crippen LogP contribution in [0.3, 0.4) is 0 Å². The van der Waals surface area contributed by atoms with Gasteiger partial charge in [0, 0.05) is 13.1 Å². The van der Waals surface area contributed by atoms with Gasteiger partial charge in [0.05, 0.1) is 11.0 Å². The summed E-state index contributed by atoms with van der Waals surface area (Å²) in [6.45, 7) is 2.41. The molecule has 1 aromatic carbocycles. The molecule has 0 atom stereocenters. The Morgan fingerprint density at radius 3 is 2.46 bits per heavy atom. The van der Waals surface area contributed by atoms with E-state index in [1.165, 1.54) is 6.07 Å². The van der Waals surface area contributed by atoms with Crippen molar-refractivity contribution >= 4 is 18.3 Å². The number of benzene rings is 1. The van der Waals surface area contributed by atoms with Crippen LogP contribution in [-0.4, -0.2) is 37.5 Å². The predicted octanol–water partition coefficient (Wildman–Crippen LogP) is 4.01. The first kappa shape index (κ1) is 21.0. The Labute approximate surface area is 158 Å². The summed E-state index contributed by atoms with van der Waals surface area (Å²) in [5, 5.41) is 3.15. The number of carbonyl (C=O) groups excluding carboxylic acids is 1. The molecule has 1 aromatic rings. The zero-order chi connectivity index (χ0) is 18.1. The Morgan fingerprint density at radius 2 is 1.92 bits per heavy atom. The lowest BCUT2D eigenvalue weighted by molar-refractivity contribution is -0.138. The number of rotatable bonds is 5. The van der Waals surface area contributed by atoms with Gasteiger partial charge in [0.2, 0.25) is 5.91 Å². The van der Waals surface area contributed by atoms with E-state index < -0.39 is 17.2 Å². The number of likely N-dealkylation sites (tertiary alicyclic amines) is 1. The number of nitrogens with one attached hydrogen (secondary N) is 1. The molecule has 2 aliphatic rings. The van der Waals surface area contributed by atoms with Gasteiger partial charge >= 0.3 is 6.18 Å². The summed E-state index contributed by atoms with van der Waals surface area (Å²) in [5.74, 6) is 0.638. The normalized spacial score (nSPS) is 19.8. The fraction of sp³-hybridized carbons (Fsp3) is 0.632. The third-order valence-corrected chi connectivity index (χ3v) is 5.61. The highest BCUT2D eigenvalue weighted by Gasteiger charge is 2.53. The van der Waals surface area contributed by atoms with E-state index in [-0.39, 0.29) is 18.3 Å². The van der Waals surface area contributed by atoms with E-state index >= 15 is 0 Å². The smallest absolute Gasteiger partial charge is 0.342 e. The van der Waals surface area contributed by atoms with Gasteiger partial charge in [-0.05, 0) is 63.2 Å². The van der Waals surface area contributed by atoms with Crippen LogP contribution in [0.2, 0.25) is 0 Å². The first-order valence-corrected chi connectivity index (χ1v) is 8.98. The largest absolute Gasteiger partial charge is 0.416 e.